The van der Waals surface area contributed by atoms with Crippen molar-refractivity contribution in [3.8, 4) is 0 Å². The molecule has 0 unspecified atom stereocenters. The Morgan fingerprint density at radius 1 is 1.29 bits per heavy atom. The number of rotatable bonds is 1. The number of carbonyl (C=O) groups excluding carboxylic acids is 1. The van der Waals surface area contributed by atoms with Crippen molar-refractivity contribution in [1.29, 1.82) is 0 Å². The standard InChI is InChI=1S/C11H11NO2/c1-6-3-4-7(2)10-8(6)5-9(12-10)11(13)14/h3-5,12H,1-2H3,(H,13,14)/p-1. The Balaban J connectivity index is 2.82. The molecule has 3 nitrogen and oxygen atoms in total. The summed E-state index contributed by atoms with van der Waals surface area (Å²) in [5.74, 6) is -1.17. The molecule has 1 aromatic carbocycles. The van der Waals surface area contributed by atoms with Crippen molar-refractivity contribution in [2.45, 2.75) is 13.8 Å². The first-order valence-electron chi connectivity index (χ1n) is 4.40. The number of carboxylic acids is 1. The van der Waals surface area contributed by atoms with Crippen LogP contribution in [0.2, 0.25) is 0 Å². The Kier molecular flexibility index (Phi) is 1.81. The lowest BCUT2D eigenvalue weighted by Crippen LogP contribution is -2.22. The predicted octanol–water partition coefficient (Wildman–Crippen LogP) is 1.15. The van der Waals surface area contributed by atoms with Crippen LogP contribution in [0.5, 0.6) is 0 Å². The summed E-state index contributed by atoms with van der Waals surface area (Å²) >= 11 is 0. The minimum absolute atomic E-state index is 0.136. The summed E-state index contributed by atoms with van der Waals surface area (Å²) < 4.78 is 0. The van der Waals surface area contributed by atoms with E-state index in [-0.39, 0.29) is 5.69 Å². The van der Waals surface area contributed by atoms with Crippen molar-refractivity contribution in [3.05, 3.63) is 35.0 Å². The van der Waals surface area contributed by atoms with E-state index in [1.807, 2.05) is 26.0 Å². The lowest BCUT2D eigenvalue weighted by atomic mass is 10.1. The predicted molar refractivity (Wildman–Crippen MR) is 52.1 cm³/mol. The third-order valence-corrected chi connectivity index (χ3v) is 2.44. The molecular weight excluding hydrogens is 178 g/mol. The molecule has 1 aromatic heterocycles. The molecule has 0 atom stereocenters. The molecule has 72 valence electrons. The summed E-state index contributed by atoms with van der Waals surface area (Å²) in [5, 5.41) is 11.6. The quantitative estimate of drug-likeness (QED) is 0.729. The number of carboxylic acid groups (broad SMARTS) is 1. The summed E-state index contributed by atoms with van der Waals surface area (Å²) in [5.41, 5.74) is 3.12. The van der Waals surface area contributed by atoms with E-state index in [0.29, 0.717) is 0 Å². The number of aryl methyl sites for hydroxylation is 2. The second-order valence-corrected chi connectivity index (χ2v) is 3.46. The number of carbonyl (C=O) groups is 1. The highest BCUT2D eigenvalue weighted by atomic mass is 16.4. The lowest BCUT2D eigenvalue weighted by molar-refractivity contribution is -0.255. The normalized spacial score (nSPS) is 10.7. The van der Waals surface area contributed by atoms with Crippen molar-refractivity contribution in [1.82, 2.24) is 4.98 Å². The van der Waals surface area contributed by atoms with Gasteiger partial charge < -0.3 is 14.9 Å². The first-order chi connectivity index (χ1) is 6.59. The van der Waals surface area contributed by atoms with Gasteiger partial charge in [0.15, 0.2) is 0 Å². The molecule has 0 spiro atoms. The maximum Gasteiger partial charge on any atom is 0.0878 e. The van der Waals surface area contributed by atoms with Gasteiger partial charge in [-0.1, -0.05) is 12.1 Å². The molecule has 0 saturated carbocycles. The van der Waals surface area contributed by atoms with E-state index in [9.17, 15) is 9.90 Å². The fourth-order valence-electron chi connectivity index (χ4n) is 1.61. The van der Waals surface area contributed by atoms with Crippen molar-refractivity contribution in [2.24, 2.45) is 0 Å². The second-order valence-electron chi connectivity index (χ2n) is 3.46. The van der Waals surface area contributed by atoms with Gasteiger partial charge in [0.05, 0.1) is 11.7 Å². The molecule has 0 radical (unpaired) electrons. The molecule has 0 aliphatic rings. The molecule has 14 heavy (non-hydrogen) atoms. The molecule has 0 amide bonds. The topological polar surface area (TPSA) is 55.9 Å². The minimum atomic E-state index is -1.17. The molecule has 0 aliphatic heterocycles. The number of aromatic nitrogens is 1. The zero-order valence-electron chi connectivity index (χ0n) is 8.05. The van der Waals surface area contributed by atoms with Gasteiger partial charge in [-0.05, 0) is 31.0 Å². The van der Waals surface area contributed by atoms with Crippen LogP contribution >= 0.6 is 0 Å². The van der Waals surface area contributed by atoms with Crippen LogP contribution in [0.15, 0.2) is 18.2 Å². The number of nitrogens with one attached hydrogen (secondary N) is 1. The van der Waals surface area contributed by atoms with Gasteiger partial charge in [-0.25, -0.2) is 0 Å². The molecule has 1 N–H and O–H groups in total. The second kappa shape index (κ2) is 2.87. The third-order valence-electron chi connectivity index (χ3n) is 2.44. The first-order valence-corrected chi connectivity index (χ1v) is 4.40. The van der Waals surface area contributed by atoms with E-state index in [0.717, 1.165) is 22.0 Å². The number of hydrogen-bond donors (Lipinski definition) is 1. The fourth-order valence-corrected chi connectivity index (χ4v) is 1.61. The number of fused-ring (bicyclic) bond motifs is 1. The molecule has 1 heterocycles. The Hall–Kier alpha value is -1.77. The molecule has 0 aliphatic carbocycles. The largest absolute Gasteiger partial charge is 0.543 e. The molecule has 0 saturated heterocycles. The highest BCUT2D eigenvalue weighted by molar-refractivity contribution is 5.95. The van der Waals surface area contributed by atoms with Gasteiger partial charge in [-0.2, -0.15) is 0 Å². The third kappa shape index (κ3) is 1.18. The minimum Gasteiger partial charge on any atom is -0.543 e. The van der Waals surface area contributed by atoms with Crippen LogP contribution in [0.4, 0.5) is 0 Å². The average molecular weight is 188 g/mol. The SMILES string of the molecule is Cc1ccc(C)c2[nH]c(C(=O)[O-])cc12. The summed E-state index contributed by atoms with van der Waals surface area (Å²) in [4.78, 5) is 13.5. The Morgan fingerprint density at radius 3 is 2.50 bits per heavy atom. The van der Waals surface area contributed by atoms with Crippen LogP contribution in [0.25, 0.3) is 10.9 Å². The lowest BCUT2D eigenvalue weighted by Gasteiger charge is -1.98. The van der Waals surface area contributed by atoms with Crippen LogP contribution in [0.1, 0.15) is 21.6 Å². The van der Waals surface area contributed by atoms with Gasteiger partial charge in [0.1, 0.15) is 0 Å². The molecule has 2 aromatic rings. The van der Waals surface area contributed by atoms with Crippen LogP contribution in [-0.2, 0) is 0 Å². The molecule has 2 rings (SSSR count). The van der Waals surface area contributed by atoms with Crippen molar-refractivity contribution in [3.63, 3.8) is 0 Å². The van der Waals surface area contributed by atoms with Crippen LogP contribution in [-0.4, -0.2) is 11.0 Å². The smallest absolute Gasteiger partial charge is 0.0878 e. The van der Waals surface area contributed by atoms with E-state index >= 15 is 0 Å². The molecule has 3 heteroatoms. The molecule has 0 bridgehead atoms. The fraction of sp³-hybridized carbons (Fsp3) is 0.182. The first kappa shape index (κ1) is 8.81. The number of aromatic amines is 1. The van der Waals surface area contributed by atoms with Gasteiger partial charge in [-0.15, -0.1) is 0 Å². The Bertz CT molecular complexity index is 472. The zero-order valence-corrected chi connectivity index (χ0v) is 8.05. The van der Waals surface area contributed by atoms with E-state index < -0.39 is 5.97 Å². The highest BCUT2D eigenvalue weighted by Crippen LogP contribution is 2.22. The maximum atomic E-state index is 10.7. The summed E-state index contributed by atoms with van der Waals surface area (Å²) in [6.45, 7) is 3.89. The van der Waals surface area contributed by atoms with Crippen molar-refractivity contribution in [2.75, 3.05) is 0 Å². The van der Waals surface area contributed by atoms with E-state index in [4.69, 9.17) is 0 Å². The Labute approximate surface area is 81.4 Å². The number of H-pyrrole nitrogens is 1. The maximum absolute atomic E-state index is 10.7. The summed E-state index contributed by atoms with van der Waals surface area (Å²) in [6.07, 6.45) is 0. The van der Waals surface area contributed by atoms with Crippen molar-refractivity contribution < 1.29 is 9.90 Å². The van der Waals surface area contributed by atoms with E-state index in [2.05, 4.69) is 4.98 Å². The molecule has 0 fully saturated rings. The van der Waals surface area contributed by atoms with Gasteiger partial charge >= 0.3 is 0 Å². The number of aromatic carboxylic acids is 1. The number of benzene rings is 1. The summed E-state index contributed by atoms with van der Waals surface area (Å²) in [6, 6.07) is 5.56. The average Bonchev–Trinajstić information content (AvgIpc) is 2.57. The monoisotopic (exact) mass is 188 g/mol. The van der Waals surface area contributed by atoms with Gasteiger partial charge in [0.25, 0.3) is 0 Å². The highest BCUT2D eigenvalue weighted by Gasteiger charge is 2.05. The zero-order chi connectivity index (χ0) is 10.3. The van der Waals surface area contributed by atoms with Crippen LogP contribution < -0.4 is 5.11 Å². The Morgan fingerprint density at radius 2 is 1.93 bits per heavy atom. The number of hydrogen-bond acceptors (Lipinski definition) is 2. The molecular formula is C11H10NO2-. The van der Waals surface area contributed by atoms with Crippen molar-refractivity contribution >= 4 is 16.9 Å². The van der Waals surface area contributed by atoms with Crippen LogP contribution in [0, 0.1) is 13.8 Å². The van der Waals surface area contributed by atoms with E-state index in [1.54, 1.807) is 6.07 Å². The summed E-state index contributed by atoms with van der Waals surface area (Å²) in [7, 11) is 0. The van der Waals surface area contributed by atoms with Crippen LogP contribution in [0.3, 0.4) is 0 Å². The van der Waals surface area contributed by atoms with Gasteiger partial charge in [0, 0.05) is 10.9 Å². The van der Waals surface area contributed by atoms with Gasteiger partial charge in [0.2, 0.25) is 0 Å². The van der Waals surface area contributed by atoms with Gasteiger partial charge in [-0.3, -0.25) is 0 Å². The van der Waals surface area contributed by atoms with E-state index in [1.165, 1.54) is 0 Å².